The molecule has 1 aromatic carbocycles. The minimum Gasteiger partial charge on any atom is -0.362 e. The van der Waals surface area contributed by atoms with Gasteiger partial charge in [0.05, 0.1) is 11.7 Å². The first-order chi connectivity index (χ1) is 9.92. The maximum absolute atomic E-state index is 13.3. The number of anilines is 1. The van der Waals surface area contributed by atoms with E-state index >= 15 is 0 Å². The first kappa shape index (κ1) is 15.4. The van der Waals surface area contributed by atoms with Crippen molar-refractivity contribution in [3.8, 4) is 0 Å². The quantitative estimate of drug-likeness (QED) is 0.910. The molecule has 3 nitrogen and oxygen atoms in total. The first-order valence-electron chi connectivity index (χ1n) is 6.97. The summed E-state index contributed by atoms with van der Waals surface area (Å²) in [5.41, 5.74) is 3.59. The smallest absolute Gasteiger partial charge is 0.152 e. The van der Waals surface area contributed by atoms with E-state index in [0.29, 0.717) is 11.4 Å². The Hall–Kier alpha value is -2.04. The Morgan fingerprint density at radius 1 is 1.10 bits per heavy atom. The van der Waals surface area contributed by atoms with Gasteiger partial charge in [0.15, 0.2) is 5.82 Å². The van der Waals surface area contributed by atoms with Gasteiger partial charge in [-0.15, -0.1) is 5.10 Å². The Labute approximate surface area is 124 Å². The lowest BCUT2D eigenvalue weighted by molar-refractivity contribution is 0.577. The second-order valence-corrected chi connectivity index (χ2v) is 5.17. The molecule has 1 atom stereocenters. The molecule has 5 heteroatoms. The van der Waals surface area contributed by atoms with Gasteiger partial charge in [-0.2, -0.15) is 5.10 Å². The van der Waals surface area contributed by atoms with Crippen molar-refractivity contribution in [2.75, 3.05) is 5.32 Å². The fraction of sp³-hybridized carbons (Fsp3) is 0.375. The summed E-state index contributed by atoms with van der Waals surface area (Å²) in [5.74, 6) is -0.528. The maximum atomic E-state index is 13.3. The van der Waals surface area contributed by atoms with Crippen LogP contribution in [0.2, 0.25) is 0 Å². The number of rotatable bonds is 4. The number of nitrogens with one attached hydrogen (secondary N) is 1. The average Bonchev–Trinajstić information content (AvgIpc) is 2.43. The summed E-state index contributed by atoms with van der Waals surface area (Å²) < 4.78 is 26.5. The number of hydrogen-bond donors (Lipinski definition) is 1. The van der Waals surface area contributed by atoms with Gasteiger partial charge in [-0.1, -0.05) is 6.92 Å². The van der Waals surface area contributed by atoms with Crippen molar-refractivity contribution in [2.45, 2.75) is 40.2 Å². The Balaban J connectivity index is 0.00000242. The topological polar surface area (TPSA) is 37.8 Å². The molecule has 0 unspecified atom stereocenters. The van der Waals surface area contributed by atoms with Gasteiger partial charge in [-0.25, -0.2) is 8.78 Å². The molecule has 0 aliphatic heterocycles. The lowest BCUT2D eigenvalue weighted by atomic mass is 10.1. The zero-order valence-corrected chi connectivity index (χ0v) is 12.7. The molecule has 2 aromatic rings. The molecule has 1 heterocycles. The summed E-state index contributed by atoms with van der Waals surface area (Å²) >= 11 is 0. The summed E-state index contributed by atoms with van der Waals surface area (Å²) in [6.07, 6.45) is 0.824. The molecule has 0 radical (unpaired) electrons. The molecule has 2 rings (SSSR count). The van der Waals surface area contributed by atoms with Crippen LogP contribution < -0.4 is 5.32 Å². The second-order valence-electron chi connectivity index (χ2n) is 5.17. The molecule has 114 valence electrons. The number of halogens is 2. The third-order valence-corrected chi connectivity index (χ3v) is 3.69. The minimum absolute atomic E-state index is 0. The zero-order chi connectivity index (χ0) is 15.6. The highest BCUT2D eigenvalue weighted by atomic mass is 19.1. The van der Waals surface area contributed by atoms with Crippen LogP contribution in [0.15, 0.2) is 18.2 Å². The van der Waals surface area contributed by atoms with E-state index in [1.54, 1.807) is 0 Å². The van der Waals surface area contributed by atoms with Crippen LogP contribution in [0.25, 0.3) is 0 Å². The largest absolute Gasteiger partial charge is 0.362 e. The van der Waals surface area contributed by atoms with Crippen LogP contribution in [0.5, 0.6) is 0 Å². The van der Waals surface area contributed by atoms with Gasteiger partial charge < -0.3 is 5.32 Å². The molecule has 0 spiro atoms. The Kier molecular flexibility index (Phi) is 4.50. The van der Waals surface area contributed by atoms with E-state index in [1.165, 1.54) is 12.1 Å². The van der Waals surface area contributed by atoms with E-state index in [0.717, 1.165) is 29.3 Å². The lowest BCUT2D eigenvalue weighted by Crippen LogP contribution is -2.12. The minimum atomic E-state index is -0.584. The van der Waals surface area contributed by atoms with E-state index in [9.17, 15) is 8.78 Å². The van der Waals surface area contributed by atoms with Crippen LogP contribution in [0, 0.1) is 25.5 Å². The van der Waals surface area contributed by atoms with Gasteiger partial charge in [0, 0.05) is 7.49 Å². The molecule has 0 saturated heterocycles. The monoisotopic (exact) mass is 293 g/mol. The lowest BCUT2D eigenvalue weighted by Gasteiger charge is -2.18. The summed E-state index contributed by atoms with van der Waals surface area (Å²) in [4.78, 5) is 0. The Morgan fingerprint density at radius 3 is 2.29 bits per heavy atom. The summed E-state index contributed by atoms with van der Waals surface area (Å²) in [7, 11) is 0. The molecule has 0 saturated carbocycles. The number of aromatic nitrogens is 2. The van der Waals surface area contributed by atoms with Crippen molar-refractivity contribution in [1.29, 1.82) is 0 Å². The molecule has 0 fully saturated rings. The SMILES string of the molecule is CCc1nnc(N[C@H](C)c2cc(F)cc(F)c2)c(C)c1C.[HH]. The summed E-state index contributed by atoms with van der Waals surface area (Å²) in [6.45, 7) is 7.82. The molecule has 1 N–H and O–H groups in total. The van der Waals surface area contributed by atoms with E-state index in [-0.39, 0.29) is 7.47 Å². The fourth-order valence-corrected chi connectivity index (χ4v) is 2.24. The molecule has 0 amide bonds. The highest BCUT2D eigenvalue weighted by molar-refractivity contribution is 5.49. The summed E-state index contributed by atoms with van der Waals surface area (Å²) in [5, 5.41) is 11.5. The highest BCUT2D eigenvalue weighted by Gasteiger charge is 2.13. The number of aryl methyl sites for hydroxylation is 1. The average molecular weight is 293 g/mol. The van der Waals surface area contributed by atoms with Crippen LogP contribution in [0.3, 0.4) is 0 Å². The van der Waals surface area contributed by atoms with E-state index in [2.05, 4.69) is 15.5 Å². The van der Waals surface area contributed by atoms with Gasteiger partial charge in [0.1, 0.15) is 11.6 Å². The standard InChI is InChI=1S/C16H19F2N3.H2/c1-5-15-9(2)10(3)16(21-20-15)19-11(4)12-6-13(17)8-14(18)7-12;/h6-8,11H,5H2,1-4H3,(H,19,21);1H/t11-;/m1./s1. The Morgan fingerprint density at radius 2 is 1.71 bits per heavy atom. The van der Waals surface area contributed by atoms with Crippen LogP contribution >= 0.6 is 0 Å². The molecular formula is C16H21F2N3. The molecule has 1 aromatic heterocycles. The van der Waals surface area contributed by atoms with Crippen molar-refractivity contribution < 1.29 is 10.2 Å². The van der Waals surface area contributed by atoms with Crippen molar-refractivity contribution in [3.63, 3.8) is 0 Å². The van der Waals surface area contributed by atoms with Gasteiger partial charge in [-0.3, -0.25) is 0 Å². The van der Waals surface area contributed by atoms with Gasteiger partial charge >= 0.3 is 0 Å². The Bertz CT molecular complexity index is 642. The molecule has 0 aliphatic rings. The third kappa shape index (κ3) is 3.35. The highest BCUT2D eigenvalue weighted by Crippen LogP contribution is 2.24. The summed E-state index contributed by atoms with van der Waals surface area (Å²) in [6, 6.07) is 3.23. The van der Waals surface area contributed by atoms with Crippen LogP contribution in [0.4, 0.5) is 14.6 Å². The van der Waals surface area contributed by atoms with Crippen molar-refractivity contribution in [3.05, 3.63) is 52.2 Å². The van der Waals surface area contributed by atoms with E-state index < -0.39 is 11.6 Å². The van der Waals surface area contributed by atoms with E-state index in [4.69, 9.17) is 0 Å². The number of hydrogen-bond acceptors (Lipinski definition) is 3. The van der Waals surface area contributed by atoms with E-state index in [1.807, 2.05) is 27.7 Å². The van der Waals surface area contributed by atoms with Gasteiger partial charge in [0.25, 0.3) is 0 Å². The number of benzene rings is 1. The van der Waals surface area contributed by atoms with Crippen molar-refractivity contribution >= 4 is 5.82 Å². The zero-order valence-electron chi connectivity index (χ0n) is 12.7. The van der Waals surface area contributed by atoms with Gasteiger partial charge in [-0.05, 0) is 56.0 Å². The predicted molar refractivity (Wildman–Crippen MR) is 81.4 cm³/mol. The normalized spacial score (nSPS) is 12.3. The predicted octanol–water partition coefficient (Wildman–Crippen LogP) is 4.35. The number of nitrogens with zero attached hydrogens (tertiary/aromatic N) is 2. The fourth-order valence-electron chi connectivity index (χ4n) is 2.24. The second kappa shape index (κ2) is 6.16. The molecular weight excluding hydrogens is 272 g/mol. The van der Waals surface area contributed by atoms with Crippen LogP contribution in [-0.2, 0) is 6.42 Å². The maximum Gasteiger partial charge on any atom is 0.152 e. The van der Waals surface area contributed by atoms with Crippen molar-refractivity contribution in [1.82, 2.24) is 10.2 Å². The third-order valence-electron chi connectivity index (χ3n) is 3.69. The first-order valence-corrected chi connectivity index (χ1v) is 6.97. The van der Waals surface area contributed by atoms with Crippen LogP contribution in [0.1, 0.15) is 43.7 Å². The van der Waals surface area contributed by atoms with Crippen molar-refractivity contribution in [2.24, 2.45) is 0 Å². The van der Waals surface area contributed by atoms with Gasteiger partial charge in [0.2, 0.25) is 0 Å². The van der Waals surface area contributed by atoms with Crippen LogP contribution in [-0.4, -0.2) is 10.2 Å². The molecule has 21 heavy (non-hydrogen) atoms. The molecule has 0 aliphatic carbocycles. The molecule has 0 bridgehead atoms.